The van der Waals surface area contributed by atoms with E-state index in [0.717, 1.165) is 16.7 Å². The molecule has 1 aromatic heterocycles. The molecule has 4 rings (SSSR count). The first kappa shape index (κ1) is 18.7. The standard InChI is InChI=1S/C23H20N2O4/c1-16(26)25-12-11-17-7-5-6-10-20(17)21(25)14-23(27)28-15-19-13-22(29-24-19)18-8-3-2-4-9-18/h2-13,21H,14-15H2,1H3/t21-/m0/s1. The van der Waals surface area contributed by atoms with Gasteiger partial charge in [0, 0.05) is 24.8 Å². The summed E-state index contributed by atoms with van der Waals surface area (Å²) in [5.41, 5.74) is 3.35. The molecule has 0 saturated heterocycles. The molecule has 29 heavy (non-hydrogen) atoms. The first-order valence-corrected chi connectivity index (χ1v) is 9.34. The highest BCUT2D eigenvalue weighted by Gasteiger charge is 2.28. The molecule has 2 heterocycles. The van der Waals surface area contributed by atoms with Crippen LogP contribution in [0.3, 0.4) is 0 Å². The van der Waals surface area contributed by atoms with Crippen LogP contribution in [-0.4, -0.2) is 21.9 Å². The molecule has 6 nitrogen and oxygen atoms in total. The molecule has 0 fully saturated rings. The Balaban J connectivity index is 1.42. The number of carbonyl (C=O) groups excluding carboxylic acids is 2. The second-order valence-electron chi connectivity index (χ2n) is 6.80. The number of carbonyl (C=O) groups is 2. The van der Waals surface area contributed by atoms with Crippen molar-refractivity contribution in [2.75, 3.05) is 0 Å². The second-order valence-corrected chi connectivity index (χ2v) is 6.80. The van der Waals surface area contributed by atoms with Crippen molar-refractivity contribution in [2.24, 2.45) is 0 Å². The minimum atomic E-state index is -0.407. The average Bonchev–Trinajstić information content (AvgIpc) is 3.22. The van der Waals surface area contributed by atoms with Gasteiger partial charge in [0.15, 0.2) is 5.76 Å². The zero-order valence-corrected chi connectivity index (χ0v) is 15.9. The van der Waals surface area contributed by atoms with Crippen LogP contribution in [0.25, 0.3) is 17.4 Å². The predicted molar refractivity (Wildman–Crippen MR) is 107 cm³/mol. The van der Waals surface area contributed by atoms with E-state index in [4.69, 9.17) is 9.26 Å². The van der Waals surface area contributed by atoms with Gasteiger partial charge in [-0.05, 0) is 17.2 Å². The van der Waals surface area contributed by atoms with E-state index in [2.05, 4.69) is 5.16 Å². The fourth-order valence-corrected chi connectivity index (χ4v) is 3.40. The topological polar surface area (TPSA) is 72.6 Å². The highest BCUT2D eigenvalue weighted by Crippen LogP contribution is 2.33. The molecule has 0 radical (unpaired) electrons. The lowest BCUT2D eigenvalue weighted by Crippen LogP contribution is -2.32. The Hall–Kier alpha value is -3.67. The van der Waals surface area contributed by atoms with Gasteiger partial charge in [-0.2, -0.15) is 0 Å². The van der Waals surface area contributed by atoms with Gasteiger partial charge in [-0.25, -0.2) is 0 Å². The lowest BCUT2D eigenvalue weighted by Gasteiger charge is -2.32. The van der Waals surface area contributed by atoms with Crippen molar-refractivity contribution in [2.45, 2.75) is 26.0 Å². The summed E-state index contributed by atoms with van der Waals surface area (Å²) in [7, 11) is 0. The van der Waals surface area contributed by atoms with Crippen LogP contribution in [0, 0.1) is 0 Å². The number of benzene rings is 2. The van der Waals surface area contributed by atoms with Gasteiger partial charge in [-0.15, -0.1) is 0 Å². The number of fused-ring (bicyclic) bond motifs is 1. The number of rotatable bonds is 5. The SMILES string of the molecule is CC(=O)N1C=Cc2ccccc2[C@@H]1CC(=O)OCc1cc(-c2ccccc2)on1. The lowest BCUT2D eigenvalue weighted by molar-refractivity contribution is -0.147. The van der Waals surface area contributed by atoms with E-state index in [9.17, 15) is 9.59 Å². The van der Waals surface area contributed by atoms with E-state index in [-0.39, 0.29) is 18.9 Å². The third-order valence-electron chi connectivity index (χ3n) is 4.83. The minimum absolute atomic E-state index is 0.0133. The summed E-state index contributed by atoms with van der Waals surface area (Å²) in [5.74, 6) is 0.0823. The molecule has 0 saturated carbocycles. The van der Waals surface area contributed by atoms with Gasteiger partial charge in [0.1, 0.15) is 12.3 Å². The van der Waals surface area contributed by atoms with Crippen LogP contribution < -0.4 is 0 Å². The van der Waals surface area contributed by atoms with Crippen LogP contribution in [0.4, 0.5) is 0 Å². The summed E-state index contributed by atoms with van der Waals surface area (Å²) < 4.78 is 10.7. The van der Waals surface area contributed by atoms with Crippen molar-refractivity contribution >= 4 is 18.0 Å². The molecule has 1 atom stereocenters. The first-order valence-electron chi connectivity index (χ1n) is 9.34. The quantitative estimate of drug-likeness (QED) is 0.608. The van der Waals surface area contributed by atoms with Crippen LogP contribution in [0.15, 0.2) is 71.4 Å². The molecule has 6 heteroatoms. The van der Waals surface area contributed by atoms with E-state index in [1.807, 2.05) is 60.7 Å². The van der Waals surface area contributed by atoms with Crippen LogP contribution in [0.5, 0.6) is 0 Å². The number of aromatic nitrogens is 1. The Bertz CT molecular complexity index is 1060. The number of ether oxygens (including phenoxy) is 1. The maximum atomic E-state index is 12.5. The fraction of sp³-hybridized carbons (Fsp3) is 0.174. The summed E-state index contributed by atoms with van der Waals surface area (Å²) in [6, 6.07) is 18.7. The third-order valence-corrected chi connectivity index (χ3v) is 4.83. The van der Waals surface area contributed by atoms with Gasteiger partial charge >= 0.3 is 5.97 Å². The van der Waals surface area contributed by atoms with Gasteiger partial charge < -0.3 is 14.2 Å². The van der Waals surface area contributed by atoms with E-state index in [1.54, 1.807) is 17.2 Å². The maximum Gasteiger partial charge on any atom is 0.308 e. The molecule has 146 valence electrons. The molecule has 1 aliphatic rings. The van der Waals surface area contributed by atoms with Gasteiger partial charge in [-0.3, -0.25) is 9.59 Å². The van der Waals surface area contributed by atoms with Crippen molar-refractivity contribution in [3.05, 3.63) is 83.7 Å². The van der Waals surface area contributed by atoms with Crippen LogP contribution in [0.2, 0.25) is 0 Å². The Morgan fingerprint density at radius 3 is 2.66 bits per heavy atom. The largest absolute Gasteiger partial charge is 0.459 e. The molecule has 0 bridgehead atoms. The van der Waals surface area contributed by atoms with Crippen molar-refractivity contribution in [1.82, 2.24) is 10.1 Å². The maximum absolute atomic E-state index is 12.5. The third kappa shape index (κ3) is 4.11. The van der Waals surface area contributed by atoms with Crippen LogP contribution in [0.1, 0.15) is 36.2 Å². The lowest BCUT2D eigenvalue weighted by atomic mass is 9.94. The van der Waals surface area contributed by atoms with Crippen molar-refractivity contribution in [3.63, 3.8) is 0 Å². The predicted octanol–water partition coefficient (Wildman–Crippen LogP) is 4.35. The Morgan fingerprint density at radius 1 is 1.10 bits per heavy atom. The molecule has 0 unspecified atom stereocenters. The average molecular weight is 388 g/mol. The highest BCUT2D eigenvalue weighted by molar-refractivity contribution is 5.80. The van der Waals surface area contributed by atoms with E-state index >= 15 is 0 Å². The molecular formula is C23H20N2O4. The fourth-order valence-electron chi connectivity index (χ4n) is 3.40. The first-order chi connectivity index (χ1) is 14.1. The summed E-state index contributed by atoms with van der Waals surface area (Å²) in [5, 5.41) is 3.96. The zero-order chi connectivity index (χ0) is 20.2. The molecule has 0 spiro atoms. The molecular weight excluding hydrogens is 368 g/mol. The molecule has 1 amide bonds. The number of amides is 1. The van der Waals surface area contributed by atoms with E-state index in [0.29, 0.717) is 11.5 Å². The minimum Gasteiger partial charge on any atom is -0.459 e. The molecule has 0 N–H and O–H groups in total. The number of esters is 1. The van der Waals surface area contributed by atoms with Crippen LogP contribution in [-0.2, 0) is 20.9 Å². The monoisotopic (exact) mass is 388 g/mol. The van der Waals surface area contributed by atoms with Crippen molar-refractivity contribution in [1.29, 1.82) is 0 Å². The van der Waals surface area contributed by atoms with E-state index in [1.165, 1.54) is 6.92 Å². The highest BCUT2D eigenvalue weighted by atomic mass is 16.5. The van der Waals surface area contributed by atoms with E-state index < -0.39 is 12.0 Å². The summed E-state index contributed by atoms with van der Waals surface area (Å²) in [4.78, 5) is 26.1. The van der Waals surface area contributed by atoms with Gasteiger partial charge in [0.05, 0.1) is 12.5 Å². The number of hydrogen-bond acceptors (Lipinski definition) is 5. The van der Waals surface area contributed by atoms with Crippen LogP contribution >= 0.6 is 0 Å². The Morgan fingerprint density at radius 2 is 1.86 bits per heavy atom. The summed E-state index contributed by atoms with van der Waals surface area (Å²) in [6.45, 7) is 1.50. The molecule has 1 aliphatic heterocycles. The van der Waals surface area contributed by atoms with Crippen molar-refractivity contribution < 1.29 is 18.8 Å². The zero-order valence-electron chi connectivity index (χ0n) is 15.9. The molecule has 0 aliphatic carbocycles. The smallest absolute Gasteiger partial charge is 0.308 e. The van der Waals surface area contributed by atoms with Crippen molar-refractivity contribution in [3.8, 4) is 11.3 Å². The number of hydrogen-bond donors (Lipinski definition) is 0. The summed E-state index contributed by atoms with van der Waals surface area (Å²) >= 11 is 0. The summed E-state index contributed by atoms with van der Waals surface area (Å²) in [6.07, 6.45) is 3.65. The number of nitrogens with zero attached hydrogens (tertiary/aromatic N) is 2. The molecule has 3 aromatic rings. The Labute approximate surface area is 168 Å². The molecule has 2 aromatic carbocycles. The Kier molecular flexibility index (Phi) is 5.24. The second kappa shape index (κ2) is 8.14. The van der Waals surface area contributed by atoms with Gasteiger partial charge in [0.2, 0.25) is 5.91 Å². The van der Waals surface area contributed by atoms with Gasteiger partial charge in [0.25, 0.3) is 0 Å². The van der Waals surface area contributed by atoms with Gasteiger partial charge in [-0.1, -0.05) is 59.8 Å². The normalized spacial score (nSPS) is 15.1.